The number of carbonyl (C=O) groups excluding carboxylic acids is 2. The van der Waals surface area contributed by atoms with Gasteiger partial charge in [0.25, 0.3) is 17.4 Å². The highest BCUT2D eigenvalue weighted by Crippen LogP contribution is 2.45. The summed E-state index contributed by atoms with van der Waals surface area (Å²) in [6.45, 7) is 0.0356. The normalized spacial score (nSPS) is 18.5. The number of fused-ring (bicyclic) bond motifs is 1. The maximum absolute atomic E-state index is 13.2. The molecule has 0 bridgehead atoms. The van der Waals surface area contributed by atoms with Crippen LogP contribution in [0.2, 0.25) is 0 Å². The Kier molecular flexibility index (Phi) is 4.78. The van der Waals surface area contributed by atoms with Gasteiger partial charge in [-0.05, 0) is 23.8 Å². The van der Waals surface area contributed by atoms with Crippen molar-refractivity contribution in [1.82, 2.24) is 0 Å². The Morgan fingerprint density at radius 3 is 2.48 bits per heavy atom. The number of nitro benzene ring substituents is 1. The molecule has 0 radical (unpaired) electrons. The predicted octanol–water partition coefficient (Wildman–Crippen LogP) is 3.95. The number of ketones is 1. The summed E-state index contributed by atoms with van der Waals surface area (Å²) in [4.78, 5) is 38.2. The molecule has 3 aromatic carbocycles. The van der Waals surface area contributed by atoms with Gasteiger partial charge < -0.3 is 14.6 Å². The highest BCUT2D eigenvalue weighted by molar-refractivity contribution is 6.51. The molecular weight excluding hydrogens is 428 g/mol. The Hall–Kier alpha value is -4.66. The second kappa shape index (κ2) is 7.79. The van der Waals surface area contributed by atoms with Crippen molar-refractivity contribution in [3.63, 3.8) is 0 Å². The number of rotatable bonds is 4. The summed E-state index contributed by atoms with van der Waals surface area (Å²) < 4.78 is 10.8. The minimum absolute atomic E-state index is 0.0356. The lowest BCUT2D eigenvalue weighted by Crippen LogP contribution is -2.29. The lowest BCUT2D eigenvalue weighted by atomic mass is 9.95. The van der Waals surface area contributed by atoms with E-state index in [0.29, 0.717) is 22.6 Å². The van der Waals surface area contributed by atoms with Crippen molar-refractivity contribution >= 4 is 28.8 Å². The van der Waals surface area contributed by atoms with Gasteiger partial charge in [0.1, 0.15) is 5.76 Å². The van der Waals surface area contributed by atoms with E-state index in [-0.39, 0.29) is 29.5 Å². The molecule has 1 N–H and O–H groups in total. The standard InChI is InChI=1S/C24H16N2O7/c27-22(14-5-2-1-3-6-14)20-21(15-9-10-18-19(11-15)33-13-32-18)25(24(29)23(20)28)16-7-4-8-17(12-16)26(30)31/h1-12,21,27H,13H2/b22-20-. The molecule has 1 amide bonds. The molecule has 2 aliphatic heterocycles. The van der Waals surface area contributed by atoms with E-state index in [0.717, 1.165) is 4.90 Å². The largest absolute Gasteiger partial charge is 0.507 e. The smallest absolute Gasteiger partial charge is 0.300 e. The topological polar surface area (TPSA) is 119 Å². The Bertz CT molecular complexity index is 1330. The number of nitro groups is 1. The van der Waals surface area contributed by atoms with E-state index in [1.54, 1.807) is 48.5 Å². The molecular formula is C24H16N2O7. The van der Waals surface area contributed by atoms with Crippen LogP contribution in [-0.2, 0) is 9.59 Å². The maximum Gasteiger partial charge on any atom is 0.300 e. The molecule has 1 saturated heterocycles. The second-order valence-corrected chi connectivity index (χ2v) is 7.42. The van der Waals surface area contributed by atoms with Crippen molar-refractivity contribution < 1.29 is 29.1 Å². The van der Waals surface area contributed by atoms with Crippen LogP contribution in [0.5, 0.6) is 11.5 Å². The molecule has 2 aliphatic rings. The van der Waals surface area contributed by atoms with Gasteiger partial charge in [0.2, 0.25) is 6.79 Å². The third-order valence-corrected chi connectivity index (χ3v) is 5.52. The SMILES string of the molecule is O=C1C(=O)N(c2cccc([N+](=O)[O-])c2)C(c2ccc3c(c2)OCO3)/C1=C(/O)c1ccccc1. The molecule has 33 heavy (non-hydrogen) atoms. The van der Waals surface area contributed by atoms with Crippen LogP contribution >= 0.6 is 0 Å². The van der Waals surface area contributed by atoms with Crippen molar-refractivity contribution in [3.8, 4) is 11.5 Å². The molecule has 0 aromatic heterocycles. The van der Waals surface area contributed by atoms with Crippen LogP contribution in [0.25, 0.3) is 5.76 Å². The molecule has 9 nitrogen and oxygen atoms in total. The predicted molar refractivity (Wildman–Crippen MR) is 117 cm³/mol. The van der Waals surface area contributed by atoms with Gasteiger partial charge in [-0.25, -0.2) is 0 Å². The summed E-state index contributed by atoms with van der Waals surface area (Å²) in [6, 6.07) is 17.7. The highest BCUT2D eigenvalue weighted by atomic mass is 16.7. The Morgan fingerprint density at radius 1 is 0.970 bits per heavy atom. The zero-order valence-electron chi connectivity index (χ0n) is 17.0. The van der Waals surface area contributed by atoms with E-state index in [1.807, 2.05) is 0 Å². The zero-order valence-corrected chi connectivity index (χ0v) is 17.0. The number of non-ortho nitro benzene ring substituents is 1. The molecule has 2 heterocycles. The molecule has 9 heteroatoms. The van der Waals surface area contributed by atoms with Gasteiger partial charge in [-0.15, -0.1) is 0 Å². The lowest BCUT2D eigenvalue weighted by molar-refractivity contribution is -0.384. The fourth-order valence-electron chi connectivity index (χ4n) is 4.01. The van der Waals surface area contributed by atoms with Crippen LogP contribution in [0.1, 0.15) is 17.2 Å². The lowest BCUT2D eigenvalue weighted by Gasteiger charge is -2.25. The average molecular weight is 444 g/mol. The highest BCUT2D eigenvalue weighted by Gasteiger charge is 2.47. The molecule has 1 atom stereocenters. The van der Waals surface area contributed by atoms with E-state index in [2.05, 4.69) is 0 Å². The van der Waals surface area contributed by atoms with Crippen LogP contribution in [0, 0.1) is 10.1 Å². The fraction of sp³-hybridized carbons (Fsp3) is 0.0833. The summed E-state index contributed by atoms with van der Waals surface area (Å²) in [5.74, 6) is -1.21. The van der Waals surface area contributed by atoms with Gasteiger partial charge >= 0.3 is 0 Å². The third-order valence-electron chi connectivity index (χ3n) is 5.52. The van der Waals surface area contributed by atoms with E-state index < -0.39 is 22.7 Å². The second-order valence-electron chi connectivity index (χ2n) is 7.42. The van der Waals surface area contributed by atoms with Crippen LogP contribution in [0.3, 0.4) is 0 Å². The summed E-state index contributed by atoms with van der Waals surface area (Å²) in [5.41, 5.74) is 0.627. The molecule has 1 unspecified atom stereocenters. The zero-order chi connectivity index (χ0) is 23.1. The molecule has 3 aromatic rings. The molecule has 1 fully saturated rings. The number of benzene rings is 3. The first-order valence-corrected chi connectivity index (χ1v) is 9.96. The number of hydrogen-bond acceptors (Lipinski definition) is 7. The van der Waals surface area contributed by atoms with Crippen LogP contribution < -0.4 is 14.4 Å². The first-order valence-electron chi connectivity index (χ1n) is 9.96. The number of aliphatic hydroxyl groups excluding tert-OH is 1. The minimum Gasteiger partial charge on any atom is -0.507 e. The Morgan fingerprint density at radius 2 is 1.73 bits per heavy atom. The van der Waals surface area contributed by atoms with E-state index >= 15 is 0 Å². The van der Waals surface area contributed by atoms with Crippen molar-refractivity contribution in [2.75, 3.05) is 11.7 Å². The van der Waals surface area contributed by atoms with E-state index in [9.17, 15) is 24.8 Å². The first kappa shape index (κ1) is 20.3. The number of carbonyl (C=O) groups is 2. The Balaban J connectivity index is 1.73. The maximum atomic E-state index is 13.2. The summed E-state index contributed by atoms with van der Waals surface area (Å²) in [6.07, 6.45) is 0. The van der Waals surface area contributed by atoms with E-state index in [4.69, 9.17) is 9.47 Å². The van der Waals surface area contributed by atoms with Crippen molar-refractivity contribution in [2.24, 2.45) is 0 Å². The summed E-state index contributed by atoms with van der Waals surface area (Å²) in [5, 5.41) is 22.4. The van der Waals surface area contributed by atoms with Gasteiger partial charge in [0, 0.05) is 17.7 Å². The number of nitrogens with zero attached hydrogens (tertiary/aromatic N) is 2. The van der Waals surface area contributed by atoms with Gasteiger partial charge in [-0.3, -0.25) is 24.6 Å². The van der Waals surface area contributed by atoms with Gasteiger partial charge in [-0.2, -0.15) is 0 Å². The number of aliphatic hydroxyl groups is 1. The number of Topliss-reactive ketones (excluding diaryl/α,β-unsaturated/α-hetero) is 1. The van der Waals surface area contributed by atoms with Crippen LogP contribution in [0.15, 0.2) is 78.4 Å². The molecule has 0 saturated carbocycles. The van der Waals surface area contributed by atoms with Crippen LogP contribution in [0.4, 0.5) is 11.4 Å². The monoisotopic (exact) mass is 444 g/mol. The summed E-state index contributed by atoms with van der Waals surface area (Å²) in [7, 11) is 0. The first-order chi connectivity index (χ1) is 16.0. The molecule has 0 spiro atoms. The molecule has 0 aliphatic carbocycles. The van der Waals surface area contributed by atoms with Gasteiger partial charge in [0.15, 0.2) is 11.5 Å². The third kappa shape index (κ3) is 3.35. The molecule has 5 rings (SSSR count). The van der Waals surface area contributed by atoms with Gasteiger partial charge in [-0.1, -0.05) is 42.5 Å². The van der Waals surface area contributed by atoms with Gasteiger partial charge in [0.05, 0.1) is 22.2 Å². The van der Waals surface area contributed by atoms with Crippen molar-refractivity contribution in [1.29, 1.82) is 0 Å². The number of amides is 1. The number of hydrogen-bond donors (Lipinski definition) is 1. The van der Waals surface area contributed by atoms with E-state index in [1.165, 1.54) is 24.3 Å². The Labute approximate surface area is 187 Å². The van der Waals surface area contributed by atoms with Crippen molar-refractivity contribution in [3.05, 3.63) is 99.6 Å². The fourth-order valence-corrected chi connectivity index (χ4v) is 4.01. The average Bonchev–Trinajstić information content (AvgIpc) is 3.41. The summed E-state index contributed by atoms with van der Waals surface area (Å²) >= 11 is 0. The minimum atomic E-state index is -1.04. The quantitative estimate of drug-likeness (QED) is 0.213. The number of anilines is 1. The molecule has 164 valence electrons. The van der Waals surface area contributed by atoms with Crippen LogP contribution in [-0.4, -0.2) is 28.5 Å². The van der Waals surface area contributed by atoms with Crippen molar-refractivity contribution in [2.45, 2.75) is 6.04 Å². The number of ether oxygens (including phenoxy) is 2.